The van der Waals surface area contributed by atoms with Crippen molar-refractivity contribution < 1.29 is 23.4 Å². The Bertz CT molecular complexity index is 659. The van der Waals surface area contributed by atoms with Gasteiger partial charge in [0.2, 0.25) is 0 Å². The molecular weight excluding hydrogens is 268 g/mol. The Morgan fingerprint density at radius 3 is 2.60 bits per heavy atom. The normalized spacial score (nSPS) is 10.2. The van der Waals surface area contributed by atoms with Crippen molar-refractivity contribution in [3.05, 3.63) is 53.6 Å². The molecule has 0 aromatic heterocycles. The minimum absolute atomic E-state index is 0.0759. The maximum Gasteiger partial charge on any atom is 0.259 e. The molecule has 0 heterocycles. The molecule has 2 aromatic carbocycles. The van der Waals surface area contributed by atoms with Crippen molar-refractivity contribution in [2.45, 2.75) is 0 Å². The first-order valence-corrected chi connectivity index (χ1v) is 5.64. The van der Waals surface area contributed by atoms with E-state index in [0.717, 1.165) is 12.1 Å². The summed E-state index contributed by atoms with van der Waals surface area (Å²) in [6, 6.07) is 6.84. The number of carbonyl (C=O) groups excluding carboxylic acids is 1. The number of phenolic OH excluding ortho intramolecular Hbond substituents is 1. The van der Waals surface area contributed by atoms with Crippen molar-refractivity contribution in [1.82, 2.24) is 0 Å². The van der Waals surface area contributed by atoms with Crippen LogP contribution in [0, 0.1) is 11.6 Å². The molecule has 0 unspecified atom stereocenters. The SMILES string of the molecule is COc1ccc(O)c(C(=O)Nc2ccc(F)cc2F)c1. The van der Waals surface area contributed by atoms with Crippen LogP contribution in [0.15, 0.2) is 36.4 Å². The van der Waals surface area contributed by atoms with Crippen LogP contribution in [0.1, 0.15) is 10.4 Å². The number of aromatic hydroxyl groups is 1. The van der Waals surface area contributed by atoms with Crippen molar-refractivity contribution in [1.29, 1.82) is 0 Å². The fourth-order valence-corrected chi connectivity index (χ4v) is 1.60. The Morgan fingerprint density at radius 1 is 1.20 bits per heavy atom. The molecule has 2 aromatic rings. The number of rotatable bonds is 3. The number of benzene rings is 2. The molecule has 0 aliphatic rings. The van der Waals surface area contributed by atoms with E-state index in [1.807, 2.05) is 0 Å². The lowest BCUT2D eigenvalue weighted by atomic mass is 10.1. The smallest absolute Gasteiger partial charge is 0.259 e. The third-order valence-corrected chi connectivity index (χ3v) is 2.63. The van der Waals surface area contributed by atoms with Gasteiger partial charge in [0.05, 0.1) is 18.4 Å². The predicted octanol–water partition coefficient (Wildman–Crippen LogP) is 2.93. The largest absolute Gasteiger partial charge is 0.507 e. The third-order valence-electron chi connectivity index (χ3n) is 2.63. The summed E-state index contributed by atoms with van der Waals surface area (Å²) in [5.74, 6) is -2.28. The topological polar surface area (TPSA) is 58.6 Å². The maximum absolute atomic E-state index is 13.4. The highest BCUT2D eigenvalue weighted by Gasteiger charge is 2.14. The van der Waals surface area contributed by atoms with Crippen LogP contribution in [0.3, 0.4) is 0 Å². The van der Waals surface area contributed by atoms with Gasteiger partial charge in [-0.2, -0.15) is 0 Å². The number of halogens is 2. The number of carbonyl (C=O) groups is 1. The average molecular weight is 279 g/mol. The molecule has 0 fully saturated rings. The molecule has 0 saturated heterocycles. The van der Waals surface area contributed by atoms with Gasteiger partial charge in [0, 0.05) is 6.07 Å². The van der Waals surface area contributed by atoms with Gasteiger partial charge in [-0.1, -0.05) is 0 Å². The summed E-state index contributed by atoms with van der Waals surface area (Å²) < 4.78 is 31.1. The Labute approximate surface area is 113 Å². The van der Waals surface area contributed by atoms with E-state index in [-0.39, 0.29) is 17.0 Å². The van der Waals surface area contributed by atoms with E-state index in [2.05, 4.69) is 5.32 Å². The summed E-state index contributed by atoms with van der Waals surface area (Å²) in [4.78, 5) is 12.0. The number of hydrogen-bond donors (Lipinski definition) is 2. The quantitative estimate of drug-likeness (QED) is 0.908. The van der Waals surface area contributed by atoms with Crippen molar-refractivity contribution in [3.8, 4) is 11.5 Å². The number of amides is 1. The fraction of sp³-hybridized carbons (Fsp3) is 0.0714. The number of ether oxygens (including phenoxy) is 1. The van der Waals surface area contributed by atoms with Crippen LogP contribution < -0.4 is 10.1 Å². The summed E-state index contributed by atoms with van der Waals surface area (Å²) in [6.07, 6.45) is 0. The van der Waals surface area contributed by atoms with E-state index >= 15 is 0 Å². The standard InChI is InChI=1S/C14H11F2NO3/c1-20-9-3-5-13(18)10(7-9)14(19)17-12-4-2-8(15)6-11(12)16/h2-7,18H,1H3,(H,17,19). The molecule has 0 aliphatic carbocycles. The molecule has 0 spiro atoms. The summed E-state index contributed by atoms with van der Waals surface area (Å²) in [5, 5.41) is 11.9. The van der Waals surface area contributed by atoms with Crippen molar-refractivity contribution >= 4 is 11.6 Å². The zero-order valence-electron chi connectivity index (χ0n) is 10.5. The van der Waals surface area contributed by atoms with Crippen molar-refractivity contribution in [2.24, 2.45) is 0 Å². The maximum atomic E-state index is 13.4. The van der Waals surface area contributed by atoms with Crippen LogP contribution in [0.25, 0.3) is 0 Å². The van der Waals surface area contributed by atoms with Crippen LogP contribution in [-0.2, 0) is 0 Å². The molecule has 20 heavy (non-hydrogen) atoms. The zero-order chi connectivity index (χ0) is 14.7. The monoisotopic (exact) mass is 279 g/mol. The molecular formula is C14H11F2NO3. The number of anilines is 1. The number of hydrogen-bond acceptors (Lipinski definition) is 3. The molecule has 2 rings (SSSR count). The second-order valence-electron chi connectivity index (χ2n) is 3.96. The Morgan fingerprint density at radius 2 is 1.95 bits per heavy atom. The first-order chi connectivity index (χ1) is 9.51. The van der Waals surface area contributed by atoms with Gasteiger partial charge in [0.15, 0.2) is 0 Å². The molecule has 0 bridgehead atoms. The van der Waals surface area contributed by atoms with Crippen molar-refractivity contribution in [2.75, 3.05) is 12.4 Å². The second kappa shape index (κ2) is 5.56. The van der Waals surface area contributed by atoms with Gasteiger partial charge >= 0.3 is 0 Å². The molecule has 2 N–H and O–H groups in total. The molecule has 4 nitrogen and oxygen atoms in total. The third kappa shape index (κ3) is 2.85. The summed E-state index contributed by atoms with van der Waals surface area (Å²) in [6.45, 7) is 0. The molecule has 0 radical (unpaired) electrons. The van der Waals surface area contributed by atoms with E-state index in [0.29, 0.717) is 11.8 Å². The minimum atomic E-state index is -0.902. The first kappa shape index (κ1) is 13.8. The Kier molecular flexibility index (Phi) is 3.84. The van der Waals surface area contributed by atoms with E-state index in [4.69, 9.17) is 4.74 Å². The van der Waals surface area contributed by atoms with E-state index in [1.54, 1.807) is 0 Å². The van der Waals surface area contributed by atoms with Gasteiger partial charge < -0.3 is 15.2 Å². The van der Waals surface area contributed by atoms with E-state index < -0.39 is 17.5 Å². The van der Waals surface area contributed by atoms with Gasteiger partial charge in [-0.3, -0.25) is 4.79 Å². The lowest BCUT2D eigenvalue weighted by Gasteiger charge is -2.09. The fourth-order valence-electron chi connectivity index (χ4n) is 1.60. The second-order valence-corrected chi connectivity index (χ2v) is 3.96. The molecule has 6 heteroatoms. The zero-order valence-corrected chi connectivity index (χ0v) is 10.5. The predicted molar refractivity (Wildman–Crippen MR) is 69.0 cm³/mol. The molecule has 1 amide bonds. The molecule has 0 saturated carbocycles. The van der Waals surface area contributed by atoms with E-state index in [9.17, 15) is 18.7 Å². The van der Waals surface area contributed by atoms with Crippen LogP contribution in [0.5, 0.6) is 11.5 Å². The van der Waals surface area contributed by atoms with Gasteiger partial charge in [-0.15, -0.1) is 0 Å². The van der Waals surface area contributed by atoms with Crippen LogP contribution in [0.4, 0.5) is 14.5 Å². The molecule has 0 atom stereocenters. The lowest BCUT2D eigenvalue weighted by molar-refractivity contribution is 0.102. The minimum Gasteiger partial charge on any atom is -0.507 e. The van der Waals surface area contributed by atoms with Crippen LogP contribution in [-0.4, -0.2) is 18.1 Å². The Hall–Kier alpha value is -2.63. The van der Waals surface area contributed by atoms with Crippen LogP contribution in [0.2, 0.25) is 0 Å². The highest BCUT2D eigenvalue weighted by Crippen LogP contribution is 2.24. The van der Waals surface area contributed by atoms with Crippen LogP contribution >= 0.6 is 0 Å². The number of nitrogens with one attached hydrogen (secondary N) is 1. The Balaban J connectivity index is 2.28. The molecule has 0 aliphatic heterocycles. The lowest BCUT2D eigenvalue weighted by Crippen LogP contribution is -2.13. The van der Waals surface area contributed by atoms with Crippen molar-refractivity contribution in [3.63, 3.8) is 0 Å². The highest BCUT2D eigenvalue weighted by molar-refractivity contribution is 6.06. The van der Waals surface area contributed by atoms with E-state index in [1.165, 1.54) is 25.3 Å². The van der Waals surface area contributed by atoms with Gasteiger partial charge in [-0.25, -0.2) is 8.78 Å². The van der Waals surface area contributed by atoms with Gasteiger partial charge in [0.1, 0.15) is 23.1 Å². The number of phenols is 1. The highest BCUT2D eigenvalue weighted by atomic mass is 19.1. The average Bonchev–Trinajstić information content (AvgIpc) is 2.42. The summed E-state index contributed by atoms with van der Waals surface area (Å²) in [7, 11) is 1.41. The molecule has 104 valence electrons. The van der Waals surface area contributed by atoms with Gasteiger partial charge in [-0.05, 0) is 30.3 Å². The first-order valence-electron chi connectivity index (χ1n) is 5.64. The number of methoxy groups -OCH3 is 1. The van der Waals surface area contributed by atoms with Gasteiger partial charge in [0.25, 0.3) is 5.91 Å². The summed E-state index contributed by atoms with van der Waals surface area (Å²) in [5.41, 5.74) is -0.258. The summed E-state index contributed by atoms with van der Waals surface area (Å²) >= 11 is 0.